The molecule has 2 heterocycles. The minimum atomic E-state index is -0.0833. The average Bonchev–Trinajstić information content (AvgIpc) is 2.73. The lowest BCUT2D eigenvalue weighted by Gasteiger charge is -2.10. The lowest BCUT2D eigenvalue weighted by Crippen LogP contribution is -2.11. The number of thiophene rings is 2. The topological polar surface area (TPSA) is 26.0 Å². The third-order valence-corrected chi connectivity index (χ3v) is 4.29. The SMILES string of the molecule is Cc1cscc1C(N)c1ccsc1Cl. The van der Waals surface area contributed by atoms with Crippen molar-refractivity contribution < 1.29 is 0 Å². The molecule has 2 rings (SSSR count). The second kappa shape index (κ2) is 4.03. The number of aryl methyl sites for hydroxylation is 1. The number of hydrogen-bond acceptors (Lipinski definition) is 3. The molecule has 1 nitrogen and oxygen atoms in total. The third kappa shape index (κ3) is 1.73. The summed E-state index contributed by atoms with van der Waals surface area (Å²) in [6, 6.07) is 1.91. The van der Waals surface area contributed by atoms with Crippen LogP contribution in [0.5, 0.6) is 0 Å². The van der Waals surface area contributed by atoms with Gasteiger partial charge < -0.3 is 5.73 Å². The highest BCUT2D eigenvalue weighted by Gasteiger charge is 2.15. The molecule has 0 radical (unpaired) electrons. The van der Waals surface area contributed by atoms with Gasteiger partial charge in [0.1, 0.15) is 0 Å². The molecule has 2 N–H and O–H groups in total. The maximum Gasteiger partial charge on any atom is 0.0979 e. The molecule has 0 saturated carbocycles. The van der Waals surface area contributed by atoms with Crippen molar-refractivity contribution >= 4 is 34.3 Å². The molecule has 0 spiro atoms. The van der Waals surface area contributed by atoms with Crippen LogP contribution in [0.2, 0.25) is 4.34 Å². The van der Waals surface area contributed by atoms with Crippen LogP contribution in [0.4, 0.5) is 0 Å². The van der Waals surface area contributed by atoms with Gasteiger partial charge in [0.05, 0.1) is 10.4 Å². The molecule has 0 bridgehead atoms. The first-order valence-electron chi connectivity index (χ1n) is 4.21. The average molecular weight is 244 g/mol. The third-order valence-electron chi connectivity index (χ3n) is 2.21. The van der Waals surface area contributed by atoms with E-state index in [1.807, 2.05) is 11.4 Å². The first-order valence-corrected chi connectivity index (χ1v) is 6.41. The summed E-state index contributed by atoms with van der Waals surface area (Å²) in [5, 5.41) is 6.17. The maximum atomic E-state index is 6.14. The first kappa shape index (κ1) is 10.2. The second-order valence-corrected chi connectivity index (χ2v) is 5.40. The Bertz CT molecular complexity index is 393. The van der Waals surface area contributed by atoms with E-state index in [2.05, 4.69) is 17.7 Å². The molecule has 0 aliphatic rings. The Balaban J connectivity index is 2.38. The summed E-state index contributed by atoms with van der Waals surface area (Å²) in [5.41, 5.74) is 9.58. The van der Waals surface area contributed by atoms with E-state index >= 15 is 0 Å². The number of halogens is 1. The fourth-order valence-corrected chi connectivity index (χ4v) is 3.27. The van der Waals surface area contributed by atoms with E-state index in [0.29, 0.717) is 0 Å². The van der Waals surface area contributed by atoms with Crippen LogP contribution in [-0.2, 0) is 0 Å². The minimum absolute atomic E-state index is 0.0833. The molecule has 0 aliphatic carbocycles. The van der Waals surface area contributed by atoms with E-state index in [1.165, 1.54) is 22.5 Å². The molecule has 0 saturated heterocycles. The fourth-order valence-electron chi connectivity index (χ4n) is 1.38. The Hall–Kier alpha value is -0.350. The summed E-state index contributed by atoms with van der Waals surface area (Å²) >= 11 is 9.25. The Kier molecular flexibility index (Phi) is 2.93. The predicted octanol–water partition coefficient (Wildman–Crippen LogP) is 3.82. The summed E-state index contributed by atoms with van der Waals surface area (Å²) in [7, 11) is 0. The van der Waals surface area contributed by atoms with Crippen molar-refractivity contribution in [3.05, 3.63) is 43.2 Å². The van der Waals surface area contributed by atoms with Gasteiger partial charge in [-0.05, 0) is 40.3 Å². The quantitative estimate of drug-likeness (QED) is 0.853. The van der Waals surface area contributed by atoms with E-state index in [-0.39, 0.29) is 6.04 Å². The van der Waals surface area contributed by atoms with Crippen molar-refractivity contribution in [2.45, 2.75) is 13.0 Å². The predicted molar refractivity (Wildman–Crippen MR) is 64.4 cm³/mol. The van der Waals surface area contributed by atoms with Gasteiger partial charge in [-0.15, -0.1) is 11.3 Å². The van der Waals surface area contributed by atoms with E-state index in [1.54, 1.807) is 11.3 Å². The monoisotopic (exact) mass is 243 g/mol. The van der Waals surface area contributed by atoms with Crippen LogP contribution in [0.15, 0.2) is 22.2 Å². The number of rotatable bonds is 2. The Morgan fingerprint density at radius 1 is 1.36 bits per heavy atom. The highest BCUT2D eigenvalue weighted by atomic mass is 35.5. The highest BCUT2D eigenvalue weighted by Crippen LogP contribution is 2.33. The van der Waals surface area contributed by atoms with Crippen LogP contribution in [-0.4, -0.2) is 0 Å². The van der Waals surface area contributed by atoms with Crippen molar-refractivity contribution in [1.82, 2.24) is 0 Å². The van der Waals surface area contributed by atoms with Crippen LogP contribution >= 0.6 is 34.3 Å². The molecule has 0 amide bonds. The smallest absolute Gasteiger partial charge is 0.0979 e. The zero-order valence-electron chi connectivity index (χ0n) is 7.66. The van der Waals surface area contributed by atoms with Crippen molar-refractivity contribution in [2.75, 3.05) is 0 Å². The molecule has 0 fully saturated rings. The molecule has 14 heavy (non-hydrogen) atoms. The van der Waals surface area contributed by atoms with Gasteiger partial charge in [-0.2, -0.15) is 11.3 Å². The Morgan fingerprint density at radius 3 is 2.64 bits per heavy atom. The number of nitrogens with two attached hydrogens (primary N) is 1. The molecule has 1 atom stereocenters. The summed E-state index contributed by atoms with van der Waals surface area (Å²) in [6.45, 7) is 2.08. The van der Waals surface area contributed by atoms with Gasteiger partial charge in [-0.3, -0.25) is 0 Å². The van der Waals surface area contributed by atoms with Crippen molar-refractivity contribution in [3.8, 4) is 0 Å². The molecule has 1 unspecified atom stereocenters. The van der Waals surface area contributed by atoms with Crippen molar-refractivity contribution in [1.29, 1.82) is 0 Å². The van der Waals surface area contributed by atoms with Crippen molar-refractivity contribution in [3.63, 3.8) is 0 Å². The van der Waals surface area contributed by atoms with E-state index in [4.69, 9.17) is 17.3 Å². The van der Waals surface area contributed by atoms with E-state index in [9.17, 15) is 0 Å². The largest absolute Gasteiger partial charge is 0.320 e. The molecule has 4 heteroatoms. The van der Waals surface area contributed by atoms with Crippen LogP contribution in [0.1, 0.15) is 22.7 Å². The van der Waals surface area contributed by atoms with E-state index in [0.717, 1.165) is 9.90 Å². The Morgan fingerprint density at radius 2 is 2.14 bits per heavy atom. The van der Waals surface area contributed by atoms with Gasteiger partial charge in [0, 0.05) is 5.56 Å². The van der Waals surface area contributed by atoms with Gasteiger partial charge in [-0.25, -0.2) is 0 Å². The minimum Gasteiger partial charge on any atom is -0.320 e. The summed E-state index contributed by atoms with van der Waals surface area (Å²) in [5.74, 6) is 0. The second-order valence-electron chi connectivity index (χ2n) is 3.14. The lowest BCUT2D eigenvalue weighted by molar-refractivity contribution is 0.873. The van der Waals surface area contributed by atoms with Crippen LogP contribution in [0.25, 0.3) is 0 Å². The zero-order chi connectivity index (χ0) is 10.1. The Labute approximate surface area is 96.1 Å². The summed E-state index contributed by atoms with van der Waals surface area (Å²) in [6.07, 6.45) is 0. The summed E-state index contributed by atoms with van der Waals surface area (Å²) in [4.78, 5) is 0. The standard InChI is InChI=1S/C10H10ClNS2/c1-6-4-13-5-8(6)9(12)7-2-3-14-10(7)11/h2-5,9H,12H2,1H3. The molecular formula is C10H10ClNS2. The molecular weight excluding hydrogens is 234 g/mol. The van der Waals surface area contributed by atoms with E-state index < -0.39 is 0 Å². The van der Waals surface area contributed by atoms with Gasteiger partial charge in [0.15, 0.2) is 0 Å². The maximum absolute atomic E-state index is 6.14. The normalized spacial score (nSPS) is 13.1. The number of hydrogen-bond donors (Lipinski definition) is 1. The molecule has 0 aromatic carbocycles. The van der Waals surface area contributed by atoms with Crippen molar-refractivity contribution in [2.24, 2.45) is 5.73 Å². The van der Waals surface area contributed by atoms with Gasteiger partial charge in [0.25, 0.3) is 0 Å². The molecule has 2 aromatic heterocycles. The van der Waals surface area contributed by atoms with Gasteiger partial charge in [-0.1, -0.05) is 11.6 Å². The van der Waals surface area contributed by atoms with Crippen LogP contribution < -0.4 is 5.73 Å². The van der Waals surface area contributed by atoms with Gasteiger partial charge >= 0.3 is 0 Å². The summed E-state index contributed by atoms with van der Waals surface area (Å²) < 4.78 is 0.795. The van der Waals surface area contributed by atoms with Crippen LogP contribution in [0.3, 0.4) is 0 Å². The fraction of sp³-hybridized carbons (Fsp3) is 0.200. The lowest BCUT2D eigenvalue weighted by atomic mass is 10.0. The van der Waals surface area contributed by atoms with Crippen LogP contribution in [0, 0.1) is 6.92 Å². The molecule has 2 aromatic rings. The highest BCUT2D eigenvalue weighted by molar-refractivity contribution is 7.14. The molecule has 74 valence electrons. The van der Waals surface area contributed by atoms with Gasteiger partial charge in [0.2, 0.25) is 0 Å². The zero-order valence-corrected chi connectivity index (χ0v) is 10.0. The molecule has 0 aliphatic heterocycles. The first-order chi connectivity index (χ1) is 6.70.